The minimum atomic E-state index is -0.340. The monoisotopic (exact) mass is 410 g/mol. The molecule has 0 spiro atoms. The van der Waals surface area contributed by atoms with E-state index in [1.165, 1.54) is 6.08 Å². The summed E-state index contributed by atoms with van der Waals surface area (Å²) in [4.78, 5) is 12.1. The van der Waals surface area contributed by atoms with Crippen molar-refractivity contribution in [1.29, 1.82) is 0 Å². The molecule has 1 amide bonds. The van der Waals surface area contributed by atoms with Gasteiger partial charge in [0, 0.05) is 22.3 Å². The first kappa shape index (κ1) is 19.9. The standard InChI is InChI=1S/C22H19ClN2O2S/c1-14-4-3-5-15(2)21(14)25-22(28)24-20(26)13-11-18-10-12-19(27-18)16-6-8-17(23)9-7-16/h3-13H,1-2H3,(H2,24,25,26,28). The number of anilines is 1. The largest absolute Gasteiger partial charge is 0.457 e. The number of carbonyl (C=O) groups excluding carboxylic acids is 1. The summed E-state index contributed by atoms with van der Waals surface area (Å²) in [5, 5.41) is 6.61. The topological polar surface area (TPSA) is 54.3 Å². The zero-order valence-electron chi connectivity index (χ0n) is 15.5. The molecule has 2 aromatic carbocycles. The quantitative estimate of drug-likeness (QED) is 0.425. The smallest absolute Gasteiger partial charge is 0.250 e. The molecule has 0 unspecified atom stereocenters. The Labute approximate surface area is 174 Å². The van der Waals surface area contributed by atoms with Crippen molar-refractivity contribution in [3.8, 4) is 11.3 Å². The molecule has 28 heavy (non-hydrogen) atoms. The van der Waals surface area contributed by atoms with E-state index in [-0.39, 0.29) is 11.0 Å². The molecule has 3 rings (SSSR count). The summed E-state index contributed by atoms with van der Waals surface area (Å²) in [5.74, 6) is 0.922. The third kappa shape index (κ3) is 5.09. The highest BCUT2D eigenvalue weighted by atomic mass is 35.5. The van der Waals surface area contributed by atoms with Crippen molar-refractivity contribution in [3.63, 3.8) is 0 Å². The summed E-state index contributed by atoms with van der Waals surface area (Å²) in [6.45, 7) is 3.96. The van der Waals surface area contributed by atoms with Crippen molar-refractivity contribution >= 4 is 46.6 Å². The second-order valence-electron chi connectivity index (χ2n) is 6.25. The van der Waals surface area contributed by atoms with E-state index in [2.05, 4.69) is 10.6 Å². The molecule has 0 saturated carbocycles. The van der Waals surface area contributed by atoms with Crippen LogP contribution in [0.3, 0.4) is 0 Å². The van der Waals surface area contributed by atoms with Gasteiger partial charge in [-0.25, -0.2) is 0 Å². The van der Waals surface area contributed by atoms with Crippen LogP contribution in [0.25, 0.3) is 17.4 Å². The number of furan rings is 1. The van der Waals surface area contributed by atoms with Crippen LogP contribution in [-0.2, 0) is 4.79 Å². The lowest BCUT2D eigenvalue weighted by Gasteiger charge is -2.13. The van der Waals surface area contributed by atoms with Crippen LogP contribution in [-0.4, -0.2) is 11.0 Å². The minimum absolute atomic E-state index is 0.244. The number of halogens is 1. The fraction of sp³-hybridized carbons (Fsp3) is 0.0909. The highest BCUT2D eigenvalue weighted by Crippen LogP contribution is 2.24. The Hall–Kier alpha value is -2.89. The van der Waals surface area contributed by atoms with Crippen LogP contribution in [0.15, 0.2) is 65.1 Å². The number of nitrogens with one attached hydrogen (secondary N) is 2. The molecule has 0 aliphatic rings. The van der Waals surface area contributed by atoms with E-state index in [1.54, 1.807) is 24.3 Å². The average molecular weight is 411 g/mol. The van der Waals surface area contributed by atoms with Crippen LogP contribution in [0.4, 0.5) is 5.69 Å². The summed E-state index contributed by atoms with van der Waals surface area (Å²) in [6, 6.07) is 16.9. The Bertz CT molecular complexity index is 1020. The maximum absolute atomic E-state index is 12.1. The molecule has 0 radical (unpaired) electrons. The molecular formula is C22H19ClN2O2S. The zero-order chi connectivity index (χ0) is 20.1. The van der Waals surface area contributed by atoms with E-state index in [9.17, 15) is 4.79 Å². The molecular weight excluding hydrogens is 392 g/mol. The lowest BCUT2D eigenvalue weighted by Crippen LogP contribution is -2.33. The lowest BCUT2D eigenvalue weighted by molar-refractivity contribution is -0.115. The Morgan fingerprint density at radius 1 is 1.04 bits per heavy atom. The Morgan fingerprint density at radius 3 is 2.39 bits per heavy atom. The van der Waals surface area contributed by atoms with Gasteiger partial charge in [0.25, 0.3) is 0 Å². The van der Waals surface area contributed by atoms with Gasteiger partial charge in [0.15, 0.2) is 5.11 Å². The van der Waals surface area contributed by atoms with Crippen molar-refractivity contribution in [3.05, 3.63) is 82.6 Å². The number of thiocarbonyl (C=S) groups is 1. The van der Waals surface area contributed by atoms with Gasteiger partial charge in [-0.05, 0) is 79.7 Å². The number of hydrogen-bond donors (Lipinski definition) is 2. The maximum atomic E-state index is 12.1. The molecule has 3 aromatic rings. The normalized spacial score (nSPS) is 10.8. The molecule has 0 saturated heterocycles. The number of hydrogen-bond acceptors (Lipinski definition) is 3. The van der Waals surface area contributed by atoms with E-state index < -0.39 is 0 Å². The SMILES string of the molecule is Cc1cccc(C)c1NC(=S)NC(=O)C=Cc1ccc(-c2ccc(Cl)cc2)o1. The molecule has 4 nitrogen and oxygen atoms in total. The van der Waals surface area contributed by atoms with Crippen molar-refractivity contribution < 1.29 is 9.21 Å². The summed E-state index contributed by atoms with van der Waals surface area (Å²) < 4.78 is 5.73. The van der Waals surface area contributed by atoms with Gasteiger partial charge in [0.2, 0.25) is 5.91 Å². The van der Waals surface area contributed by atoms with E-state index in [0.717, 1.165) is 22.4 Å². The minimum Gasteiger partial charge on any atom is -0.457 e. The summed E-state index contributed by atoms with van der Waals surface area (Å²) in [5.41, 5.74) is 3.91. The van der Waals surface area contributed by atoms with Gasteiger partial charge >= 0.3 is 0 Å². The van der Waals surface area contributed by atoms with E-state index in [0.29, 0.717) is 16.5 Å². The molecule has 0 atom stereocenters. The Balaban J connectivity index is 1.59. The molecule has 1 heterocycles. The Kier molecular flexibility index (Phi) is 6.29. The number of para-hydroxylation sites is 1. The van der Waals surface area contributed by atoms with Gasteiger partial charge in [0.05, 0.1) is 0 Å². The number of amides is 1. The second-order valence-corrected chi connectivity index (χ2v) is 7.10. The first-order valence-corrected chi connectivity index (χ1v) is 9.43. The summed E-state index contributed by atoms with van der Waals surface area (Å²) in [7, 11) is 0. The first-order chi connectivity index (χ1) is 13.4. The average Bonchev–Trinajstić information content (AvgIpc) is 3.13. The third-order valence-corrected chi connectivity index (χ3v) is 4.57. The zero-order valence-corrected chi connectivity index (χ0v) is 17.0. The van der Waals surface area contributed by atoms with Gasteiger partial charge in [0.1, 0.15) is 11.5 Å². The fourth-order valence-electron chi connectivity index (χ4n) is 2.68. The molecule has 1 aromatic heterocycles. The predicted octanol–water partition coefficient (Wildman–Crippen LogP) is 5.74. The van der Waals surface area contributed by atoms with Crippen LogP contribution < -0.4 is 10.6 Å². The van der Waals surface area contributed by atoms with Crippen LogP contribution in [0.2, 0.25) is 5.02 Å². The maximum Gasteiger partial charge on any atom is 0.250 e. The lowest BCUT2D eigenvalue weighted by atomic mass is 10.1. The second kappa shape index (κ2) is 8.87. The van der Waals surface area contributed by atoms with Crippen molar-refractivity contribution in [2.45, 2.75) is 13.8 Å². The van der Waals surface area contributed by atoms with Crippen molar-refractivity contribution in [1.82, 2.24) is 5.32 Å². The molecule has 142 valence electrons. The number of benzene rings is 2. The van der Waals surface area contributed by atoms with Gasteiger partial charge in [-0.15, -0.1) is 0 Å². The van der Waals surface area contributed by atoms with Crippen LogP contribution >= 0.6 is 23.8 Å². The fourth-order valence-corrected chi connectivity index (χ4v) is 3.01. The van der Waals surface area contributed by atoms with E-state index in [1.807, 2.05) is 50.2 Å². The van der Waals surface area contributed by atoms with Crippen molar-refractivity contribution in [2.24, 2.45) is 0 Å². The first-order valence-electron chi connectivity index (χ1n) is 8.64. The number of carbonyl (C=O) groups is 1. The highest BCUT2D eigenvalue weighted by Gasteiger charge is 2.07. The summed E-state index contributed by atoms with van der Waals surface area (Å²) in [6.07, 6.45) is 2.97. The molecule has 0 bridgehead atoms. The van der Waals surface area contributed by atoms with Gasteiger partial charge in [-0.1, -0.05) is 29.8 Å². The predicted molar refractivity (Wildman–Crippen MR) is 118 cm³/mol. The third-order valence-electron chi connectivity index (χ3n) is 4.11. The van der Waals surface area contributed by atoms with Crippen LogP contribution in [0.1, 0.15) is 16.9 Å². The molecule has 2 N–H and O–H groups in total. The molecule has 0 fully saturated rings. The number of rotatable bonds is 4. The molecule has 0 aliphatic heterocycles. The highest BCUT2D eigenvalue weighted by molar-refractivity contribution is 7.80. The molecule has 0 aliphatic carbocycles. The van der Waals surface area contributed by atoms with Crippen LogP contribution in [0, 0.1) is 13.8 Å². The van der Waals surface area contributed by atoms with Crippen molar-refractivity contribution in [2.75, 3.05) is 5.32 Å². The van der Waals surface area contributed by atoms with E-state index in [4.69, 9.17) is 28.2 Å². The Morgan fingerprint density at radius 2 is 1.71 bits per heavy atom. The van der Waals surface area contributed by atoms with Gasteiger partial charge < -0.3 is 9.73 Å². The van der Waals surface area contributed by atoms with E-state index >= 15 is 0 Å². The number of aryl methyl sites for hydroxylation is 2. The van der Waals surface area contributed by atoms with Gasteiger partial charge in [-0.2, -0.15) is 0 Å². The van der Waals surface area contributed by atoms with Gasteiger partial charge in [-0.3, -0.25) is 10.1 Å². The molecule has 6 heteroatoms. The van der Waals surface area contributed by atoms with Crippen LogP contribution in [0.5, 0.6) is 0 Å². The summed E-state index contributed by atoms with van der Waals surface area (Å²) >= 11 is 11.1.